The lowest BCUT2D eigenvalue weighted by Crippen LogP contribution is -2.26. The number of nitrogens with zero attached hydrogens (tertiary/aromatic N) is 3. The summed E-state index contributed by atoms with van der Waals surface area (Å²) in [7, 11) is 0. The molecule has 1 aliphatic carbocycles. The summed E-state index contributed by atoms with van der Waals surface area (Å²) in [5, 5.41) is 13.7. The fraction of sp³-hybridized carbons (Fsp3) is 0.389. The van der Waals surface area contributed by atoms with Gasteiger partial charge in [-0.05, 0) is 56.9 Å². The molecule has 2 N–H and O–H groups in total. The number of aryl methyl sites for hydroxylation is 2. The van der Waals surface area contributed by atoms with E-state index in [0.29, 0.717) is 17.1 Å². The van der Waals surface area contributed by atoms with Gasteiger partial charge in [-0.15, -0.1) is 0 Å². The molecule has 1 unspecified atom stereocenters. The van der Waals surface area contributed by atoms with Crippen LogP contribution in [0.25, 0.3) is 0 Å². The van der Waals surface area contributed by atoms with Crippen LogP contribution in [0.3, 0.4) is 0 Å². The molecule has 25 heavy (non-hydrogen) atoms. The van der Waals surface area contributed by atoms with Crippen LogP contribution in [-0.4, -0.2) is 15.7 Å². The Balaban J connectivity index is 2.04. The van der Waals surface area contributed by atoms with E-state index in [9.17, 15) is 10.1 Å². The standard InChI is InChI=1S/C18H19ClN4O2/c1-9-6-13(7-10(2)14(9)8-20)25-16-15(12-4-5-12)23(22-17(16)19)11(3)18(21)24/h6-7,11-12H,4-5H2,1-3H3,(H2,21,24). The monoisotopic (exact) mass is 358 g/mol. The van der Waals surface area contributed by atoms with Crippen LogP contribution < -0.4 is 10.5 Å². The molecule has 7 heteroatoms. The number of halogens is 1. The van der Waals surface area contributed by atoms with E-state index in [-0.39, 0.29) is 11.1 Å². The Bertz CT molecular complexity index is 870. The van der Waals surface area contributed by atoms with Crippen molar-refractivity contribution in [2.45, 2.75) is 45.6 Å². The van der Waals surface area contributed by atoms with E-state index in [0.717, 1.165) is 29.7 Å². The average Bonchev–Trinajstić information content (AvgIpc) is 3.32. The highest BCUT2D eigenvalue weighted by atomic mass is 35.5. The number of rotatable bonds is 5. The zero-order valence-corrected chi connectivity index (χ0v) is 15.1. The number of aromatic nitrogens is 2. The van der Waals surface area contributed by atoms with E-state index in [1.165, 1.54) is 0 Å². The van der Waals surface area contributed by atoms with Gasteiger partial charge in [-0.2, -0.15) is 10.4 Å². The third-order valence-corrected chi connectivity index (χ3v) is 4.69. The molecule has 1 aromatic heterocycles. The molecule has 130 valence electrons. The Morgan fingerprint density at radius 3 is 2.52 bits per heavy atom. The van der Waals surface area contributed by atoms with E-state index in [1.54, 1.807) is 23.7 Å². The van der Waals surface area contributed by atoms with Gasteiger partial charge in [0.25, 0.3) is 0 Å². The van der Waals surface area contributed by atoms with E-state index < -0.39 is 11.9 Å². The molecule has 3 rings (SSSR count). The second-order valence-electron chi connectivity index (χ2n) is 6.45. The number of nitriles is 1. The summed E-state index contributed by atoms with van der Waals surface area (Å²) >= 11 is 6.30. The van der Waals surface area contributed by atoms with Gasteiger partial charge in [-0.25, -0.2) is 0 Å². The van der Waals surface area contributed by atoms with Gasteiger partial charge in [0, 0.05) is 5.92 Å². The maximum Gasteiger partial charge on any atom is 0.242 e. The van der Waals surface area contributed by atoms with E-state index in [1.807, 2.05) is 13.8 Å². The van der Waals surface area contributed by atoms with Crippen LogP contribution in [0, 0.1) is 25.2 Å². The number of hydrogen-bond acceptors (Lipinski definition) is 4. The van der Waals surface area contributed by atoms with Crippen molar-refractivity contribution in [3.05, 3.63) is 39.7 Å². The Labute approximate surface area is 151 Å². The first-order valence-electron chi connectivity index (χ1n) is 8.09. The number of carbonyl (C=O) groups is 1. The van der Waals surface area contributed by atoms with Crippen molar-refractivity contribution >= 4 is 17.5 Å². The highest BCUT2D eigenvalue weighted by Crippen LogP contribution is 2.48. The molecule has 1 aromatic carbocycles. The molecule has 0 bridgehead atoms. The van der Waals surface area contributed by atoms with Crippen LogP contribution in [-0.2, 0) is 4.79 Å². The zero-order chi connectivity index (χ0) is 18.3. The predicted octanol–water partition coefficient (Wildman–Crippen LogP) is 3.74. The number of nitrogens with two attached hydrogens (primary N) is 1. The molecule has 0 radical (unpaired) electrons. The van der Waals surface area contributed by atoms with Gasteiger partial charge in [0.2, 0.25) is 5.91 Å². The normalized spacial score (nSPS) is 14.8. The van der Waals surface area contributed by atoms with Crippen molar-refractivity contribution < 1.29 is 9.53 Å². The third kappa shape index (κ3) is 3.20. The molecular weight excluding hydrogens is 340 g/mol. The topological polar surface area (TPSA) is 93.9 Å². The highest BCUT2D eigenvalue weighted by molar-refractivity contribution is 6.31. The number of hydrogen-bond donors (Lipinski definition) is 1. The first-order chi connectivity index (χ1) is 11.8. The average molecular weight is 359 g/mol. The van der Waals surface area contributed by atoms with Gasteiger partial charge in [-0.1, -0.05) is 11.6 Å². The Hall–Kier alpha value is -2.52. The van der Waals surface area contributed by atoms with Gasteiger partial charge in [-0.3, -0.25) is 9.48 Å². The van der Waals surface area contributed by atoms with Crippen LogP contribution >= 0.6 is 11.6 Å². The summed E-state index contributed by atoms with van der Waals surface area (Å²) in [5.41, 5.74) is 8.53. The number of benzene rings is 1. The smallest absolute Gasteiger partial charge is 0.242 e. The number of primary amides is 1. The number of ether oxygens (including phenoxy) is 1. The molecule has 1 fully saturated rings. The molecule has 1 heterocycles. The summed E-state index contributed by atoms with van der Waals surface area (Å²) in [5.74, 6) is 0.833. The minimum Gasteiger partial charge on any atom is -0.452 e. The minimum atomic E-state index is -0.602. The lowest BCUT2D eigenvalue weighted by molar-refractivity contribution is -0.121. The maximum absolute atomic E-state index is 11.6. The van der Waals surface area contributed by atoms with Crippen molar-refractivity contribution in [1.29, 1.82) is 5.26 Å². The van der Waals surface area contributed by atoms with Gasteiger partial charge in [0.1, 0.15) is 11.8 Å². The summed E-state index contributed by atoms with van der Waals surface area (Å²) in [6.07, 6.45) is 1.99. The molecule has 1 atom stereocenters. The molecule has 0 saturated heterocycles. The highest BCUT2D eigenvalue weighted by Gasteiger charge is 2.35. The van der Waals surface area contributed by atoms with E-state index >= 15 is 0 Å². The summed E-state index contributed by atoms with van der Waals surface area (Å²) < 4.78 is 7.61. The van der Waals surface area contributed by atoms with Gasteiger partial charge < -0.3 is 10.5 Å². The first kappa shape index (κ1) is 17.3. The Morgan fingerprint density at radius 2 is 2.04 bits per heavy atom. The van der Waals surface area contributed by atoms with Gasteiger partial charge >= 0.3 is 0 Å². The van der Waals surface area contributed by atoms with Crippen LogP contribution in [0.5, 0.6) is 11.5 Å². The van der Waals surface area contributed by atoms with Crippen molar-refractivity contribution in [3.63, 3.8) is 0 Å². The Kier molecular flexibility index (Phi) is 4.44. The lowest BCUT2D eigenvalue weighted by Gasteiger charge is -2.14. The second kappa shape index (κ2) is 6.41. The SMILES string of the molecule is Cc1cc(Oc2c(Cl)nn(C(C)C(N)=O)c2C2CC2)cc(C)c1C#N. The zero-order valence-electron chi connectivity index (χ0n) is 14.3. The molecule has 0 aliphatic heterocycles. The van der Waals surface area contributed by atoms with Gasteiger partial charge in [0.15, 0.2) is 10.9 Å². The molecule has 2 aromatic rings. The van der Waals surface area contributed by atoms with E-state index in [4.69, 9.17) is 22.1 Å². The van der Waals surface area contributed by atoms with E-state index in [2.05, 4.69) is 11.2 Å². The summed E-state index contributed by atoms with van der Waals surface area (Å²) in [6.45, 7) is 5.41. The summed E-state index contributed by atoms with van der Waals surface area (Å²) in [6, 6.07) is 5.18. The number of carbonyl (C=O) groups excluding carboxylic acids is 1. The largest absolute Gasteiger partial charge is 0.452 e. The molecule has 1 amide bonds. The number of amides is 1. The fourth-order valence-corrected chi connectivity index (χ4v) is 3.14. The van der Waals surface area contributed by atoms with Crippen LogP contribution in [0.4, 0.5) is 0 Å². The molecule has 6 nitrogen and oxygen atoms in total. The first-order valence-corrected chi connectivity index (χ1v) is 8.47. The fourth-order valence-electron chi connectivity index (χ4n) is 2.92. The lowest BCUT2D eigenvalue weighted by atomic mass is 10.0. The quantitative estimate of drug-likeness (QED) is 0.880. The molecular formula is C18H19ClN4O2. The minimum absolute atomic E-state index is 0.203. The van der Waals surface area contributed by atoms with Crippen LogP contribution in [0.2, 0.25) is 5.15 Å². The predicted molar refractivity (Wildman–Crippen MR) is 93.8 cm³/mol. The second-order valence-corrected chi connectivity index (χ2v) is 6.81. The van der Waals surface area contributed by atoms with Crippen molar-refractivity contribution in [2.24, 2.45) is 5.73 Å². The summed E-state index contributed by atoms with van der Waals surface area (Å²) in [4.78, 5) is 11.6. The molecule has 0 spiro atoms. The Morgan fingerprint density at radius 1 is 1.44 bits per heavy atom. The van der Waals surface area contributed by atoms with Crippen LogP contribution in [0.15, 0.2) is 12.1 Å². The molecule has 1 saturated carbocycles. The third-order valence-electron chi connectivity index (χ3n) is 4.44. The van der Waals surface area contributed by atoms with Crippen molar-refractivity contribution in [3.8, 4) is 17.6 Å². The van der Waals surface area contributed by atoms with Crippen molar-refractivity contribution in [2.75, 3.05) is 0 Å². The van der Waals surface area contributed by atoms with Crippen LogP contribution in [0.1, 0.15) is 54.1 Å². The maximum atomic E-state index is 11.6. The molecule has 1 aliphatic rings. The van der Waals surface area contributed by atoms with Gasteiger partial charge in [0.05, 0.1) is 17.3 Å². The van der Waals surface area contributed by atoms with Crippen molar-refractivity contribution in [1.82, 2.24) is 9.78 Å².